The molecule has 23 heavy (non-hydrogen) atoms. The van der Waals surface area contributed by atoms with E-state index in [9.17, 15) is 9.90 Å². The second kappa shape index (κ2) is 6.54. The molecule has 5 heteroatoms. The van der Waals surface area contributed by atoms with E-state index in [0.29, 0.717) is 32.5 Å². The van der Waals surface area contributed by atoms with Crippen LogP contribution in [0.25, 0.3) is 0 Å². The zero-order valence-corrected chi connectivity index (χ0v) is 13.7. The molecule has 1 N–H and O–H groups in total. The second-order valence-electron chi connectivity index (χ2n) is 6.22. The summed E-state index contributed by atoms with van der Waals surface area (Å²) in [7, 11) is 0. The fourth-order valence-corrected chi connectivity index (χ4v) is 3.15. The van der Waals surface area contributed by atoms with E-state index in [4.69, 9.17) is 0 Å². The van der Waals surface area contributed by atoms with Crippen molar-refractivity contribution in [3.05, 3.63) is 53.1 Å². The van der Waals surface area contributed by atoms with E-state index in [1.165, 1.54) is 0 Å². The molecule has 0 aliphatic carbocycles. The fraction of sp³-hybridized carbons (Fsp3) is 0.444. The molecule has 1 saturated heterocycles. The van der Waals surface area contributed by atoms with Crippen molar-refractivity contribution in [3.8, 4) is 0 Å². The van der Waals surface area contributed by atoms with E-state index in [1.54, 1.807) is 6.20 Å². The fourth-order valence-electron chi connectivity index (χ4n) is 3.15. The third-order valence-electron chi connectivity index (χ3n) is 4.60. The minimum Gasteiger partial charge on any atom is -0.393 e. The van der Waals surface area contributed by atoms with Crippen LogP contribution in [0.15, 0.2) is 30.5 Å². The largest absolute Gasteiger partial charge is 0.393 e. The Kier molecular flexibility index (Phi) is 4.48. The van der Waals surface area contributed by atoms with Gasteiger partial charge in [0, 0.05) is 30.7 Å². The number of rotatable bonds is 3. The standard InChI is InChI=1S/C18H23N3O2/c1-13-11-17(18(23)20-9-6-16(22)7-10-20)14(2)21(13)12-15-5-3-4-8-19-15/h3-5,8,11,16,22H,6-7,9-10,12H2,1-2H3. The smallest absolute Gasteiger partial charge is 0.255 e. The molecular formula is C18H23N3O2. The van der Waals surface area contributed by atoms with Crippen molar-refractivity contribution < 1.29 is 9.90 Å². The van der Waals surface area contributed by atoms with Gasteiger partial charge in [-0.25, -0.2) is 0 Å². The Bertz CT molecular complexity index is 686. The summed E-state index contributed by atoms with van der Waals surface area (Å²) in [5.41, 5.74) is 3.78. The van der Waals surface area contributed by atoms with Gasteiger partial charge in [-0.15, -0.1) is 0 Å². The van der Waals surface area contributed by atoms with Crippen LogP contribution < -0.4 is 0 Å². The minimum absolute atomic E-state index is 0.0669. The van der Waals surface area contributed by atoms with E-state index in [0.717, 1.165) is 22.6 Å². The number of piperidine rings is 1. The van der Waals surface area contributed by atoms with E-state index in [-0.39, 0.29) is 12.0 Å². The van der Waals surface area contributed by atoms with Crippen LogP contribution in [-0.2, 0) is 6.54 Å². The third-order valence-corrected chi connectivity index (χ3v) is 4.60. The zero-order chi connectivity index (χ0) is 16.4. The molecule has 122 valence electrons. The van der Waals surface area contributed by atoms with Crippen molar-refractivity contribution >= 4 is 5.91 Å². The van der Waals surface area contributed by atoms with E-state index in [2.05, 4.69) is 9.55 Å². The molecule has 0 saturated carbocycles. The number of pyridine rings is 1. The number of aliphatic hydroxyl groups excluding tert-OH is 1. The summed E-state index contributed by atoms with van der Waals surface area (Å²) in [6.45, 7) is 5.94. The number of hydrogen-bond donors (Lipinski definition) is 1. The van der Waals surface area contributed by atoms with Crippen molar-refractivity contribution in [2.24, 2.45) is 0 Å². The molecule has 3 heterocycles. The first-order valence-corrected chi connectivity index (χ1v) is 8.10. The number of likely N-dealkylation sites (tertiary alicyclic amines) is 1. The van der Waals surface area contributed by atoms with Gasteiger partial charge in [-0.2, -0.15) is 0 Å². The minimum atomic E-state index is -0.268. The SMILES string of the molecule is Cc1cc(C(=O)N2CCC(O)CC2)c(C)n1Cc1ccccn1. The van der Waals surface area contributed by atoms with E-state index in [1.807, 2.05) is 43.0 Å². The molecule has 0 aromatic carbocycles. The highest BCUT2D eigenvalue weighted by atomic mass is 16.3. The molecule has 5 nitrogen and oxygen atoms in total. The number of hydrogen-bond acceptors (Lipinski definition) is 3. The molecule has 1 amide bonds. The number of nitrogens with zero attached hydrogens (tertiary/aromatic N) is 3. The molecule has 2 aromatic heterocycles. The predicted molar refractivity (Wildman–Crippen MR) is 88.4 cm³/mol. The van der Waals surface area contributed by atoms with Gasteiger partial charge in [-0.3, -0.25) is 9.78 Å². The lowest BCUT2D eigenvalue weighted by Gasteiger charge is -2.29. The first kappa shape index (κ1) is 15.7. The summed E-state index contributed by atoms with van der Waals surface area (Å²) in [4.78, 5) is 19.0. The van der Waals surface area contributed by atoms with Crippen molar-refractivity contribution in [2.75, 3.05) is 13.1 Å². The summed E-state index contributed by atoms with van der Waals surface area (Å²) in [6, 6.07) is 7.83. The summed E-state index contributed by atoms with van der Waals surface area (Å²) in [5.74, 6) is 0.0669. The van der Waals surface area contributed by atoms with Gasteiger partial charge in [0.25, 0.3) is 5.91 Å². The van der Waals surface area contributed by atoms with Crippen molar-refractivity contribution in [3.63, 3.8) is 0 Å². The topological polar surface area (TPSA) is 58.4 Å². The third kappa shape index (κ3) is 3.29. The predicted octanol–water partition coefficient (Wildman–Crippen LogP) is 2.15. The maximum absolute atomic E-state index is 12.8. The Morgan fingerprint density at radius 2 is 2.04 bits per heavy atom. The molecule has 2 aromatic rings. The maximum Gasteiger partial charge on any atom is 0.255 e. The van der Waals surface area contributed by atoms with Gasteiger partial charge in [0.1, 0.15) is 0 Å². The van der Waals surface area contributed by atoms with Gasteiger partial charge in [0.2, 0.25) is 0 Å². The van der Waals surface area contributed by atoms with Crippen LogP contribution in [0.5, 0.6) is 0 Å². The summed E-state index contributed by atoms with van der Waals surface area (Å²) >= 11 is 0. The zero-order valence-electron chi connectivity index (χ0n) is 13.7. The first-order chi connectivity index (χ1) is 11.1. The summed E-state index contributed by atoms with van der Waals surface area (Å²) in [6.07, 6.45) is 2.85. The lowest BCUT2D eigenvalue weighted by molar-refractivity contribution is 0.0546. The van der Waals surface area contributed by atoms with Crippen LogP contribution >= 0.6 is 0 Å². The number of carbonyl (C=O) groups is 1. The van der Waals surface area contributed by atoms with Crippen LogP contribution in [0.1, 0.15) is 40.3 Å². The van der Waals surface area contributed by atoms with Crippen LogP contribution in [0.4, 0.5) is 0 Å². The number of aryl methyl sites for hydroxylation is 1. The molecule has 0 radical (unpaired) electrons. The molecule has 0 unspecified atom stereocenters. The molecule has 3 rings (SSSR count). The average Bonchev–Trinajstić information content (AvgIpc) is 2.84. The monoisotopic (exact) mass is 313 g/mol. The summed E-state index contributed by atoms with van der Waals surface area (Å²) in [5, 5.41) is 9.60. The lowest BCUT2D eigenvalue weighted by atomic mass is 10.1. The molecule has 1 aliphatic rings. The lowest BCUT2D eigenvalue weighted by Crippen LogP contribution is -2.40. The van der Waals surface area contributed by atoms with Crippen molar-refractivity contribution in [1.82, 2.24) is 14.5 Å². The quantitative estimate of drug-likeness (QED) is 0.944. The Morgan fingerprint density at radius 3 is 2.70 bits per heavy atom. The highest BCUT2D eigenvalue weighted by Gasteiger charge is 2.25. The van der Waals surface area contributed by atoms with Gasteiger partial charge < -0.3 is 14.6 Å². The van der Waals surface area contributed by atoms with Gasteiger partial charge >= 0.3 is 0 Å². The van der Waals surface area contributed by atoms with Gasteiger partial charge in [-0.05, 0) is 44.9 Å². The number of carbonyl (C=O) groups excluding carboxylic acids is 1. The highest BCUT2D eigenvalue weighted by molar-refractivity contribution is 5.95. The maximum atomic E-state index is 12.8. The van der Waals surface area contributed by atoms with Gasteiger partial charge in [0.05, 0.1) is 23.9 Å². The molecule has 0 atom stereocenters. The average molecular weight is 313 g/mol. The number of aliphatic hydroxyl groups is 1. The van der Waals surface area contributed by atoms with Crippen LogP contribution in [0.3, 0.4) is 0 Å². The number of amides is 1. The second-order valence-corrected chi connectivity index (χ2v) is 6.22. The van der Waals surface area contributed by atoms with Gasteiger partial charge in [-0.1, -0.05) is 6.07 Å². The van der Waals surface area contributed by atoms with E-state index < -0.39 is 0 Å². The highest BCUT2D eigenvalue weighted by Crippen LogP contribution is 2.20. The van der Waals surface area contributed by atoms with Gasteiger partial charge in [0.15, 0.2) is 0 Å². The Labute approximate surface area is 136 Å². The van der Waals surface area contributed by atoms with Crippen molar-refractivity contribution in [2.45, 2.75) is 39.3 Å². The van der Waals surface area contributed by atoms with Crippen LogP contribution in [0, 0.1) is 13.8 Å². The molecular weight excluding hydrogens is 290 g/mol. The first-order valence-electron chi connectivity index (χ1n) is 8.10. The van der Waals surface area contributed by atoms with Crippen LogP contribution in [-0.4, -0.2) is 44.7 Å². The summed E-state index contributed by atoms with van der Waals surface area (Å²) < 4.78 is 2.13. The molecule has 1 fully saturated rings. The molecule has 1 aliphatic heterocycles. The Balaban J connectivity index is 1.81. The Hall–Kier alpha value is -2.14. The van der Waals surface area contributed by atoms with E-state index >= 15 is 0 Å². The van der Waals surface area contributed by atoms with Crippen LogP contribution in [0.2, 0.25) is 0 Å². The number of aromatic nitrogens is 2. The van der Waals surface area contributed by atoms with Crippen molar-refractivity contribution in [1.29, 1.82) is 0 Å². The Morgan fingerprint density at radius 1 is 1.30 bits per heavy atom. The molecule has 0 spiro atoms. The molecule has 0 bridgehead atoms. The normalized spacial score (nSPS) is 15.9.